The largest absolute Gasteiger partial charge is 0.355 e. The number of nitrogens with zero attached hydrogens (tertiary/aromatic N) is 4. The number of carbonyl (C=O) groups excluding carboxylic acids is 1. The fourth-order valence-corrected chi connectivity index (χ4v) is 4.15. The van der Waals surface area contributed by atoms with Crippen molar-refractivity contribution in [3.63, 3.8) is 0 Å². The average Bonchev–Trinajstić information content (AvgIpc) is 3.52. The highest BCUT2D eigenvalue weighted by Gasteiger charge is 2.26. The summed E-state index contributed by atoms with van der Waals surface area (Å²) in [7, 11) is 0. The molecule has 0 spiro atoms. The second kappa shape index (κ2) is 8.52. The number of carbonyl (C=O) groups is 1. The number of likely N-dealkylation sites (tertiary alicyclic amines) is 1. The van der Waals surface area contributed by atoms with Gasteiger partial charge in [0.25, 0.3) is 5.56 Å². The molecule has 0 aromatic carbocycles. The van der Waals surface area contributed by atoms with Gasteiger partial charge in [-0.05, 0) is 50.8 Å². The van der Waals surface area contributed by atoms with Gasteiger partial charge in [0.05, 0.1) is 5.69 Å². The third-order valence-corrected chi connectivity index (χ3v) is 6.16. The van der Waals surface area contributed by atoms with Crippen molar-refractivity contribution >= 4 is 5.91 Å². The Morgan fingerprint density at radius 1 is 0.963 bits per heavy atom. The van der Waals surface area contributed by atoms with E-state index in [2.05, 4.69) is 20.2 Å². The summed E-state index contributed by atoms with van der Waals surface area (Å²) in [5.74, 6) is 1.30. The molecular formula is C20H31N5O2. The van der Waals surface area contributed by atoms with Crippen molar-refractivity contribution in [2.75, 3.05) is 45.8 Å². The lowest BCUT2D eigenvalue weighted by atomic mass is 9.97. The minimum absolute atomic E-state index is 0.0335. The van der Waals surface area contributed by atoms with E-state index >= 15 is 0 Å². The van der Waals surface area contributed by atoms with Crippen LogP contribution >= 0.6 is 0 Å². The Balaban J connectivity index is 1.22. The van der Waals surface area contributed by atoms with Gasteiger partial charge in [-0.1, -0.05) is 0 Å². The average molecular weight is 374 g/mol. The van der Waals surface area contributed by atoms with E-state index in [9.17, 15) is 9.59 Å². The number of amides is 1. The number of hydrogen-bond acceptors (Lipinski definition) is 5. The summed E-state index contributed by atoms with van der Waals surface area (Å²) >= 11 is 0. The molecule has 7 heteroatoms. The van der Waals surface area contributed by atoms with Gasteiger partial charge in [0.1, 0.15) is 0 Å². The quantitative estimate of drug-likeness (QED) is 0.793. The predicted molar refractivity (Wildman–Crippen MR) is 104 cm³/mol. The third kappa shape index (κ3) is 5.17. The molecule has 7 nitrogen and oxygen atoms in total. The molecule has 0 bridgehead atoms. The van der Waals surface area contributed by atoms with Crippen molar-refractivity contribution < 1.29 is 4.79 Å². The van der Waals surface area contributed by atoms with Crippen molar-refractivity contribution in [1.82, 2.24) is 24.9 Å². The molecule has 3 heterocycles. The maximum absolute atomic E-state index is 12.1. The minimum atomic E-state index is 0.0335. The van der Waals surface area contributed by atoms with Crippen LogP contribution in [0.5, 0.6) is 0 Å². The van der Waals surface area contributed by atoms with Crippen LogP contribution in [-0.2, 0) is 11.3 Å². The van der Waals surface area contributed by atoms with Gasteiger partial charge in [-0.2, -0.15) is 5.10 Å². The summed E-state index contributed by atoms with van der Waals surface area (Å²) in [4.78, 5) is 28.5. The Bertz CT molecular complexity index is 707. The Hall–Kier alpha value is -1.73. The first-order chi connectivity index (χ1) is 13.2. The second-order valence-electron chi connectivity index (χ2n) is 8.28. The molecule has 148 valence electrons. The number of rotatable bonds is 6. The van der Waals surface area contributed by atoms with E-state index in [0.717, 1.165) is 70.9 Å². The molecule has 2 saturated heterocycles. The highest BCUT2D eigenvalue weighted by atomic mass is 16.1. The fraction of sp³-hybridized carbons (Fsp3) is 0.750. The van der Waals surface area contributed by atoms with Crippen molar-refractivity contribution in [2.45, 2.75) is 44.6 Å². The zero-order valence-electron chi connectivity index (χ0n) is 16.1. The molecule has 3 fully saturated rings. The van der Waals surface area contributed by atoms with Crippen LogP contribution in [-0.4, -0.2) is 71.3 Å². The highest BCUT2D eigenvalue weighted by molar-refractivity contribution is 5.76. The van der Waals surface area contributed by atoms with E-state index in [4.69, 9.17) is 0 Å². The molecule has 1 saturated carbocycles. The summed E-state index contributed by atoms with van der Waals surface area (Å²) in [6.45, 7) is 7.62. The van der Waals surface area contributed by atoms with E-state index in [1.165, 1.54) is 12.8 Å². The van der Waals surface area contributed by atoms with Gasteiger partial charge in [0, 0.05) is 57.7 Å². The van der Waals surface area contributed by atoms with Gasteiger partial charge in [-0.3, -0.25) is 14.5 Å². The third-order valence-electron chi connectivity index (χ3n) is 6.16. The Morgan fingerprint density at radius 3 is 2.44 bits per heavy atom. The van der Waals surface area contributed by atoms with E-state index in [0.29, 0.717) is 18.3 Å². The van der Waals surface area contributed by atoms with Crippen LogP contribution in [0.15, 0.2) is 16.9 Å². The molecule has 1 aliphatic carbocycles. The maximum Gasteiger partial charge on any atom is 0.266 e. The molecular weight excluding hydrogens is 342 g/mol. The molecule has 1 aromatic rings. The first kappa shape index (κ1) is 18.6. The van der Waals surface area contributed by atoms with Crippen LogP contribution in [0.4, 0.5) is 0 Å². The van der Waals surface area contributed by atoms with Crippen LogP contribution in [0.25, 0.3) is 0 Å². The second-order valence-corrected chi connectivity index (χ2v) is 8.28. The van der Waals surface area contributed by atoms with Gasteiger partial charge in [-0.25, -0.2) is 4.68 Å². The number of piperidine rings is 1. The topological polar surface area (TPSA) is 70.5 Å². The molecule has 0 unspecified atom stereocenters. The fourth-order valence-electron chi connectivity index (χ4n) is 4.15. The first-order valence-corrected chi connectivity index (χ1v) is 10.5. The van der Waals surface area contributed by atoms with Gasteiger partial charge in [0.15, 0.2) is 0 Å². The Kier molecular flexibility index (Phi) is 5.88. The molecule has 1 amide bonds. The summed E-state index contributed by atoms with van der Waals surface area (Å²) < 4.78 is 1.70. The van der Waals surface area contributed by atoms with Crippen LogP contribution in [0.3, 0.4) is 0 Å². The first-order valence-electron chi connectivity index (χ1n) is 10.5. The summed E-state index contributed by atoms with van der Waals surface area (Å²) in [6.07, 6.45) is 5.29. The lowest BCUT2D eigenvalue weighted by Gasteiger charge is -2.33. The summed E-state index contributed by atoms with van der Waals surface area (Å²) in [5.41, 5.74) is 1.13. The lowest BCUT2D eigenvalue weighted by molar-refractivity contribution is -0.120. The number of nitrogens with one attached hydrogen (secondary N) is 1. The summed E-state index contributed by atoms with van der Waals surface area (Å²) in [5, 5.41) is 7.54. The Labute approximate surface area is 160 Å². The van der Waals surface area contributed by atoms with E-state index in [1.807, 2.05) is 6.07 Å². The Morgan fingerprint density at radius 2 is 1.70 bits per heavy atom. The zero-order chi connectivity index (χ0) is 18.6. The van der Waals surface area contributed by atoms with E-state index in [1.54, 1.807) is 10.7 Å². The SMILES string of the molecule is O=C1CCN(CCN2CCC(Cn3nc(C4CC4)ccc3=O)CC2)CCN1. The predicted octanol–water partition coefficient (Wildman–Crippen LogP) is 0.655. The molecule has 0 radical (unpaired) electrons. The van der Waals surface area contributed by atoms with Crippen LogP contribution in [0.2, 0.25) is 0 Å². The monoisotopic (exact) mass is 373 g/mol. The van der Waals surface area contributed by atoms with Gasteiger partial charge in [0.2, 0.25) is 5.91 Å². The van der Waals surface area contributed by atoms with Crippen molar-refractivity contribution in [1.29, 1.82) is 0 Å². The van der Waals surface area contributed by atoms with E-state index < -0.39 is 0 Å². The van der Waals surface area contributed by atoms with Crippen LogP contribution in [0.1, 0.15) is 43.7 Å². The van der Waals surface area contributed by atoms with Crippen molar-refractivity contribution in [3.8, 4) is 0 Å². The maximum atomic E-state index is 12.1. The standard InChI is InChI=1S/C20H31N5O2/c26-19-7-11-24(12-8-21-19)14-13-23-9-5-16(6-10-23)15-25-20(27)4-3-18(22-25)17-1-2-17/h3-4,16-17H,1-2,5-15H2,(H,21,26). The zero-order valence-corrected chi connectivity index (χ0v) is 16.1. The van der Waals surface area contributed by atoms with Crippen LogP contribution < -0.4 is 10.9 Å². The normalized spacial score (nSPS) is 23.2. The van der Waals surface area contributed by atoms with Crippen LogP contribution in [0, 0.1) is 5.92 Å². The van der Waals surface area contributed by atoms with Gasteiger partial charge >= 0.3 is 0 Å². The summed E-state index contributed by atoms with van der Waals surface area (Å²) in [6, 6.07) is 3.60. The number of hydrogen-bond donors (Lipinski definition) is 1. The molecule has 2 aliphatic heterocycles. The molecule has 1 N–H and O–H groups in total. The van der Waals surface area contributed by atoms with E-state index in [-0.39, 0.29) is 11.5 Å². The van der Waals surface area contributed by atoms with Gasteiger partial charge < -0.3 is 10.2 Å². The lowest BCUT2D eigenvalue weighted by Crippen LogP contribution is -2.41. The minimum Gasteiger partial charge on any atom is -0.355 e. The van der Waals surface area contributed by atoms with Gasteiger partial charge in [-0.15, -0.1) is 0 Å². The van der Waals surface area contributed by atoms with Crippen molar-refractivity contribution in [3.05, 3.63) is 28.2 Å². The molecule has 1 aromatic heterocycles. The molecule has 0 atom stereocenters. The number of aromatic nitrogens is 2. The molecule has 3 aliphatic rings. The smallest absolute Gasteiger partial charge is 0.266 e. The van der Waals surface area contributed by atoms with Crippen molar-refractivity contribution in [2.24, 2.45) is 5.92 Å². The molecule has 4 rings (SSSR count). The molecule has 27 heavy (non-hydrogen) atoms. The highest BCUT2D eigenvalue weighted by Crippen LogP contribution is 2.38.